The first-order chi connectivity index (χ1) is 8.57. The van der Waals surface area contributed by atoms with Crippen molar-refractivity contribution in [2.24, 2.45) is 5.73 Å². The SMILES string of the molecule is CCCCOCCOCC(O)CNC(C)C(N)=O. The minimum Gasteiger partial charge on any atom is -0.389 e. The van der Waals surface area contributed by atoms with E-state index in [-0.39, 0.29) is 13.2 Å². The van der Waals surface area contributed by atoms with E-state index in [0.29, 0.717) is 13.2 Å². The van der Waals surface area contributed by atoms with Crippen molar-refractivity contribution in [3.8, 4) is 0 Å². The quantitative estimate of drug-likeness (QED) is 0.418. The van der Waals surface area contributed by atoms with E-state index < -0.39 is 18.1 Å². The van der Waals surface area contributed by atoms with E-state index in [2.05, 4.69) is 12.2 Å². The standard InChI is InChI=1S/C12H26N2O4/c1-3-4-5-17-6-7-18-9-11(15)8-14-10(2)12(13)16/h10-11,14-15H,3-9H2,1-2H3,(H2,13,16). The molecule has 0 aliphatic carbocycles. The molecule has 2 atom stereocenters. The van der Waals surface area contributed by atoms with Crippen molar-refractivity contribution in [3.63, 3.8) is 0 Å². The van der Waals surface area contributed by atoms with Gasteiger partial charge in [-0.2, -0.15) is 0 Å². The summed E-state index contributed by atoms with van der Waals surface area (Å²) in [4.78, 5) is 10.7. The van der Waals surface area contributed by atoms with Crippen LogP contribution in [0.2, 0.25) is 0 Å². The molecule has 0 aliphatic rings. The summed E-state index contributed by atoms with van der Waals surface area (Å²) in [5.74, 6) is -0.438. The molecular weight excluding hydrogens is 236 g/mol. The van der Waals surface area contributed by atoms with Crippen molar-refractivity contribution >= 4 is 5.91 Å². The molecule has 0 bridgehead atoms. The highest BCUT2D eigenvalue weighted by molar-refractivity contribution is 5.79. The van der Waals surface area contributed by atoms with Crippen molar-refractivity contribution < 1.29 is 19.4 Å². The molecule has 108 valence electrons. The monoisotopic (exact) mass is 262 g/mol. The fourth-order valence-corrected chi connectivity index (χ4v) is 1.16. The molecule has 18 heavy (non-hydrogen) atoms. The molecule has 6 nitrogen and oxygen atoms in total. The molecule has 0 aliphatic heterocycles. The van der Waals surface area contributed by atoms with Crippen LogP contribution in [0.1, 0.15) is 26.7 Å². The maximum atomic E-state index is 10.7. The maximum absolute atomic E-state index is 10.7. The zero-order valence-corrected chi connectivity index (χ0v) is 11.4. The number of amides is 1. The van der Waals surface area contributed by atoms with Gasteiger partial charge in [0.15, 0.2) is 0 Å². The fraction of sp³-hybridized carbons (Fsp3) is 0.917. The number of primary amides is 1. The Kier molecular flexibility index (Phi) is 11.0. The number of unbranched alkanes of at least 4 members (excludes halogenated alkanes) is 1. The highest BCUT2D eigenvalue weighted by atomic mass is 16.5. The minimum absolute atomic E-state index is 0.218. The molecular formula is C12H26N2O4. The Morgan fingerprint density at radius 1 is 1.33 bits per heavy atom. The maximum Gasteiger partial charge on any atom is 0.234 e. The highest BCUT2D eigenvalue weighted by Crippen LogP contribution is 1.90. The first kappa shape index (κ1) is 17.3. The molecule has 0 aromatic heterocycles. The van der Waals surface area contributed by atoms with Crippen molar-refractivity contribution in [2.45, 2.75) is 38.8 Å². The van der Waals surface area contributed by atoms with E-state index >= 15 is 0 Å². The van der Waals surface area contributed by atoms with E-state index in [1.807, 2.05) is 0 Å². The Labute approximate surface area is 109 Å². The largest absolute Gasteiger partial charge is 0.389 e. The molecule has 0 rings (SSSR count). The smallest absolute Gasteiger partial charge is 0.234 e. The van der Waals surface area contributed by atoms with Crippen LogP contribution in [0.25, 0.3) is 0 Å². The molecule has 0 radical (unpaired) electrons. The van der Waals surface area contributed by atoms with E-state index in [9.17, 15) is 9.90 Å². The van der Waals surface area contributed by atoms with Gasteiger partial charge >= 0.3 is 0 Å². The van der Waals surface area contributed by atoms with Crippen molar-refractivity contribution in [1.29, 1.82) is 0 Å². The summed E-state index contributed by atoms with van der Waals surface area (Å²) < 4.78 is 10.5. The average molecular weight is 262 g/mol. The lowest BCUT2D eigenvalue weighted by Crippen LogP contribution is -2.43. The van der Waals surface area contributed by atoms with E-state index in [4.69, 9.17) is 15.2 Å². The molecule has 1 amide bonds. The van der Waals surface area contributed by atoms with Gasteiger partial charge in [0.2, 0.25) is 5.91 Å². The summed E-state index contributed by atoms with van der Waals surface area (Å²) in [6, 6.07) is -0.447. The van der Waals surface area contributed by atoms with Crippen molar-refractivity contribution in [3.05, 3.63) is 0 Å². The third-order valence-electron chi connectivity index (χ3n) is 2.41. The molecule has 0 aromatic carbocycles. The summed E-state index contributed by atoms with van der Waals surface area (Å²) in [6.07, 6.45) is 1.52. The number of aliphatic hydroxyl groups excluding tert-OH is 1. The lowest BCUT2D eigenvalue weighted by molar-refractivity contribution is -0.119. The first-order valence-electron chi connectivity index (χ1n) is 6.44. The number of hydrogen-bond donors (Lipinski definition) is 3. The number of carbonyl (C=O) groups excluding carboxylic acids is 1. The number of nitrogens with one attached hydrogen (secondary N) is 1. The third-order valence-corrected chi connectivity index (χ3v) is 2.41. The highest BCUT2D eigenvalue weighted by Gasteiger charge is 2.10. The summed E-state index contributed by atoms with van der Waals surface area (Å²) >= 11 is 0. The van der Waals surface area contributed by atoms with E-state index in [1.54, 1.807) is 6.92 Å². The topological polar surface area (TPSA) is 93.8 Å². The second kappa shape index (κ2) is 11.4. The van der Waals surface area contributed by atoms with Gasteiger partial charge in [0.05, 0.1) is 32.0 Å². The number of carbonyl (C=O) groups is 1. The van der Waals surface area contributed by atoms with Gasteiger partial charge in [-0.05, 0) is 13.3 Å². The predicted molar refractivity (Wildman–Crippen MR) is 69.2 cm³/mol. The third kappa shape index (κ3) is 10.5. The lowest BCUT2D eigenvalue weighted by Gasteiger charge is -2.15. The first-order valence-corrected chi connectivity index (χ1v) is 6.44. The van der Waals surface area contributed by atoms with Crippen LogP contribution < -0.4 is 11.1 Å². The summed E-state index contributed by atoms with van der Waals surface area (Å²) in [6.45, 7) is 6.01. The van der Waals surface area contributed by atoms with Crippen LogP contribution in [-0.2, 0) is 14.3 Å². The molecule has 4 N–H and O–H groups in total. The van der Waals surface area contributed by atoms with E-state index in [0.717, 1.165) is 19.4 Å². The lowest BCUT2D eigenvalue weighted by atomic mass is 10.3. The van der Waals surface area contributed by atoms with Gasteiger partial charge in [-0.1, -0.05) is 13.3 Å². The van der Waals surface area contributed by atoms with Crippen LogP contribution in [0.4, 0.5) is 0 Å². The van der Waals surface area contributed by atoms with Gasteiger partial charge in [-0.25, -0.2) is 0 Å². The molecule has 2 unspecified atom stereocenters. The molecule has 0 fully saturated rings. The fourth-order valence-electron chi connectivity index (χ4n) is 1.16. The summed E-state index contributed by atoms with van der Waals surface area (Å²) in [5, 5.41) is 12.4. The van der Waals surface area contributed by atoms with Crippen molar-refractivity contribution in [1.82, 2.24) is 5.32 Å². The molecule has 0 saturated heterocycles. The van der Waals surface area contributed by atoms with Crippen molar-refractivity contribution in [2.75, 3.05) is 33.0 Å². The van der Waals surface area contributed by atoms with Gasteiger partial charge < -0.3 is 25.6 Å². The van der Waals surface area contributed by atoms with Crippen LogP contribution >= 0.6 is 0 Å². The second-order valence-corrected chi connectivity index (χ2v) is 4.23. The molecule has 6 heteroatoms. The molecule has 0 heterocycles. The zero-order chi connectivity index (χ0) is 13.8. The van der Waals surface area contributed by atoms with E-state index in [1.165, 1.54) is 0 Å². The Balaban J connectivity index is 3.31. The predicted octanol–water partition coefficient (Wildman–Crippen LogP) is -0.356. The van der Waals surface area contributed by atoms with Crippen LogP contribution in [0, 0.1) is 0 Å². The molecule has 0 spiro atoms. The summed E-state index contributed by atoms with van der Waals surface area (Å²) in [7, 11) is 0. The van der Waals surface area contributed by atoms with Gasteiger partial charge in [-0.15, -0.1) is 0 Å². The average Bonchev–Trinajstić information content (AvgIpc) is 2.34. The summed E-state index contributed by atoms with van der Waals surface area (Å²) in [5.41, 5.74) is 5.07. The van der Waals surface area contributed by atoms with Gasteiger partial charge in [0.1, 0.15) is 0 Å². The van der Waals surface area contributed by atoms with Crippen LogP contribution in [-0.4, -0.2) is 56.1 Å². The van der Waals surface area contributed by atoms with Gasteiger partial charge in [0, 0.05) is 13.2 Å². The second-order valence-electron chi connectivity index (χ2n) is 4.23. The van der Waals surface area contributed by atoms with Gasteiger partial charge in [0.25, 0.3) is 0 Å². The number of hydrogen-bond acceptors (Lipinski definition) is 5. The molecule has 0 saturated carbocycles. The van der Waals surface area contributed by atoms with Gasteiger partial charge in [-0.3, -0.25) is 4.79 Å². The Morgan fingerprint density at radius 2 is 2.00 bits per heavy atom. The number of aliphatic hydroxyl groups is 1. The molecule has 0 aromatic rings. The van der Waals surface area contributed by atoms with Crippen LogP contribution in [0.5, 0.6) is 0 Å². The number of rotatable bonds is 12. The Hall–Kier alpha value is -0.690. The zero-order valence-electron chi connectivity index (χ0n) is 11.4. The minimum atomic E-state index is -0.651. The van der Waals surface area contributed by atoms with Crippen LogP contribution in [0.3, 0.4) is 0 Å². The Bertz CT molecular complexity index is 214. The normalized spacial score (nSPS) is 14.4. The van der Waals surface area contributed by atoms with Crippen LogP contribution in [0.15, 0.2) is 0 Å². The number of nitrogens with two attached hydrogens (primary N) is 1. The number of ether oxygens (including phenoxy) is 2. The Morgan fingerprint density at radius 3 is 2.61 bits per heavy atom.